The van der Waals surface area contributed by atoms with Crippen molar-refractivity contribution >= 4 is 114 Å². The van der Waals surface area contributed by atoms with Crippen molar-refractivity contribution in [2.75, 3.05) is 95.4 Å². The van der Waals surface area contributed by atoms with E-state index < -0.39 is 135 Å². The zero-order chi connectivity index (χ0) is 84.8. The van der Waals surface area contributed by atoms with Crippen LogP contribution in [0.3, 0.4) is 0 Å². The maximum atomic E-state index is 15.6. The number of hydrogen-bond donors (Lipinski definition) is 13. The van der Waals surface area contributed by atoms with E-state index in [4.69, 9.17) is 19.9 Å². The predicted octanol–water partition coefficient (Wildman–Crippen LogP) is 4.49. The minimum Gasteiger partial charge on any atom is -0.496 e. The number of likely N-dealkylation sites (N-methyl/N-ethyl adjacent to an activating group) is 1. The van der Waals surface area contributed by atoms with Crippen LogP contribution in [-0.4, -0.2) is 241 Å². The molecule has 6 aromatic rings. The van der Waals surface area contributed by atoms with E-state index in [1.807, 2.05) is 67.3 Å². The second-order valence-corrected chi connectivity index (χ2v) is 34.9. The lowest BCUT2D eigenvalue weighted by molar-refractivity contribution is -0.204. The quantitative estimate of drug-likeness (QED) is 0.00857. The minimum atomic E-state index is -2.63. The number of aromatic nitrogens is 5. The fourth-order valence-electron chi connectivity index (χ4n) is 19.1. The molecular weight excluding hydrogens is 1560 g/mol. The van der Waals surface area contributed by atoms with Gasteiger partial charge in [-0.1, -0.05) is 72.7 Å². The second-order valence-electron chi connectivity index (χ2n) is 32.2. The molecule has 2 bridgehead atoms. The number of aliphatic hydroxyl groups excluding tert-OH is 1. The van der Waals surface area contributed by atoms with Gasteiger partial charge in [0.05, 0.1) is 68.7 Å². The number of benzene rings is 3. The van der Waals surface area contributed by atoms with E-state index in [2.05, 4.69) is 66.8 Å². The van der Waals surface area contributed by atoms with Crippen LogP contribution in [0.15, 0.2) is 83.8 Å². The Morgan fingerprint density at radius 1 is 0.839 bits per heavy atom. The van der Waals surface area contributed by atoms with Crippen LogP contribution in [-0.2, 0) is 71.6 Å². The van der Waals surface area contributed by atoms with E-state index in [1.54, 1.807) is 45.3 Å². The zero-order valence-electron chi connectivity index (χ0n) is 67.7. The van der Waals surface area contributed by atoms with E-state index in [-0.39, 0.29) is 92.9 Å². The van der Waals surface area contributed by atoms with Crippen LogP contribution in [0.25, 0.3) is 22.1 Å². The Bertz CT molecular complexity index is 4910. The first kappa shape index (κ1) is 87.4. The van der Waals surface area contributed by atoms with Crippen LogP contribution >= 0.6 is 21.6 Å². The largest absolute Gasteiger partial charge is 0.496 e. The molecule has 1 unspecified atom stereocenters. The van der Waals surface area contributed by atoms with Crippen molar-refractivity contribution in [3.8, 4) is 5.75 Å². The van der Waals surface area contributed by atoms with E-state index >= 15 is 9.59 Å². The number of hydrazine groups is 1. The summed E-state index contributed by atoms with van der Waals surface area (Å²) in [5.41, 5.74) is 8.98. The Morgan fingerprint density at radius 3 is 2.33 bits per heavy atom. The number of aliphatic carboxylic acids is 1. The van der Waals surface area contributed by atoms with Gasteiger partial charge in [-0.2, -0.15) is 0 Å². The number of aromatic amines is 2. The summed E-state index contributed by atoms with van der Waals surface area (Å²) in [4.78, 5) is 174. The zero-order valence-corrected chi connectivity index (χ0v) is 69.3. The number of anilines is 2. The molecule has 1 spiro atoms. The molecule has 5 amide bonds. The lowest BCUT2D eigenvalue weighted by atomic mass is 9.47. The molecular formula is C83H107N15O18S2. The molecule has 3 aromatic heterocycles. The number of Topliss-reactive ketones (excluding diaryl/α,β-unsaturated/α-hetero) is 3. The molecule has 14 N–H and O–H groups in total. The normalized spacial score (nSPS) is 25.2. The number of methoxy groups -OCH3 is 2. The molecule has 1 saturated carbocycles. The molecule has 3 aromatic carbocycles. The van der Waals surface area contributed by atoms with Crippen LogP contribution in [0.5, 0.6) is 5.75 Å². The Labute approximate surface area is 690 Å². The first-order valence-corrected chi connectivity index (χ1v) is 42.7. The van der Waals surface area contributed by atoms with Crippen LogP contribution < -0.4 is 53.0 Å². The van der Waals surface area contributed by atoms with Crippen LogP contribution in [0.4, 0.5) is 16.2 Å². The monoisotopic (exact) mass is 1670 g/mol. The molecule has 1 aliphatic carbocycles. The molecule has 33 nitrogen and oxygen atoms in total. The number of rotatable bonds is 35. The van der Waals surface area contributed by atoms with E-state index in [0.29, 0.717) is 122 Å². The number of amides is 5. The number of carboxylic acid groups (broad SMARTS) is 1. The van der Waals surface area contributed by atoms with Crippen molar-refractivity contribution in [2.45, 2.75) is 177 Å². The van der Waals surface area contributed by atoms with Gasteiger partial charge in [0.15, 0.2) is 28.3 Å². The number of hydrogen-bond acceptors (Lipinski definition) is 27. The Kier molecular flexibility index (Phi) is 27.2. The summed E-state index contributed by atoms with van der Waals surface area (Å²) in [5.74, 6) is -7.31. The number of nitrogens with two attached hydrogens (primary N) is 1. The number of aryl methyl sites for hydroxylation is 1. The molecule has 8 heterocycles. The maximum absolute atomic E-state index is 15.6. The minimum absolute atomic E-state index is 0.0360. The average molecular weight is 1670 g/mol. The van der Waals surface area contributed by atoms with Gasteiger partial charge in [0.25, 0.3) is 17.4 Å². The standard InChI is InChI=1S/C83H107N15O18S2/c1-9-79(112)39-49-40-82(77(110)115-8,67-56(24-29-97(44-49)45-79)55-17-11-12-18-59(55)92-67)58-37-57-61(38-64(58)114-7)96(6)74-81(57)26-30-98-28-15-25-80(10-2,73(81)98)75(108)83(74,113)76(109)94-95-78(111)116-31-33-118-117-32-14-19-62(100)60(41-84)93-71(106)51(36-65(102)103)35-63(101)47(4)88-69(104)46(3)34-54(99)16-13-27-85-70(105)50-20-22-52(23-21-50)86-42-53-43-87-68-66(91-53)72(107)90-48(5)89-68/h11-12,15,17-18,20-23,25,37-38,43,46-47,49,51,60,73-75,86,92,108,112-113H,9-10,13-14,16,19,24,26-36,39-42,44-45,84H2,1-8H3,(H,85,105)(H,88,104)(H,93,106)(H,94,109)(H,95,111)(H,102,103)(H,87,89,90,107)/t46-,47+,49-,51+,60+,73+,74-,75-,79+,80-,81-,82+,83+/m1/s1. The number of nitrogens with one attached hydrogen (secondary N) is 8. The Hall–Kier alpha value is -9.88. The average Bonchev–Trinajstić information content (AvgIpc) is 1.47. The number of fused-ring (bicyclic) bond motifs is 7. The van der Waals surface area contributed by atoms with Crippen molar-refractivity contribution < 1.29 is 82.6 Å². The lowest BCUT2D eigenvalue weighted by Crippen LogP contribution is -2.82. The molecule has 3 fully saturated rings. The van der Waals surface area contributed by atoms with Crippen molar-refractivity contribution in [1.29, 1.82) is 0 Å². The third-order valence-corrected chi connectivity index (χ3v) is 27.2. The molecule has 0 radical (unpaired) electrons. The number of aliphatic hydroxyl groups is 3. The number of esters is 1. The number of piperidine rings is 1. The number of ether oxygens (including phenoxy) is 3. The van der Waals surface area contributed by atoms with Crippen molar-refractivity contribution in [3.05, 3.63) is 129 Å². The molecule has 12 rings (SSSR count). The summed E-state index contributed by atoms with van der Waals surface area (Å²) in [7, 11) is 7.38. The molecule has 5 aliphatic heterocycles. The fraction of sp³-hybridized carbons (Fsp3) is 0.542. The number of nitrogens with zero attached hydrogens (tertiary/aromatic N) is 6. The Morgan fingerprint density at radius 2 is 1.60 bits per heavy atom. The van der Waals surface area contributed by atoms with Gasteiger partial charge in [-0.25, -0.2) is 25.2 Å². The number of ketones is 3. The van der Waals surface area contributed by atoms with Crippen LogP contribution in [0, 0.1) is 30.1 Å². The van der Waals surface area contributed by atoms with E-state index in [1.165, 1.54) is 48.7 Å². The summed E-state index contributed by atoms with van der Waals surface area (Å²) in [6, 6.07) is 14.4. The van der Waals surface area contributed by atoms with Gasteiger partial charge < -0.3 is 76.5 Å². The lowest BCUT2D eigenvalue weighted by Gasteiger charge is -2.63. The molecule has 118 heavy (non-hydrogen) atoms. The van der Waals surface area contributed by atoms with Gasteiger partial charge >= 0.3 is 18.0 Å². The molecule has 2 saturated heterocycles. The van der Waals surface area contributed by atoms with Crippen molar-refractivity contribution in [2.24, 2.45) is 28.9 Å². The number of carbonyl (C=O) groups excluding carboxylic acids is 9. The van der Waals surface area contributed by atoms with Crippen molar-refractivity contribution in [1.82, 2.24) is 61.5 Å². The number of carbonyl (C=O) groups is 10. The SMILES string of the molecule is CC[C@]1(O)C[C@H]2CN(CCc3c([nH]c4ccccc34)[C@@](C(=O)OC)(c3cc4c(cc3OC)N(C)[C@H]3[C@@](O)(C(=O)NNC(=O)OCCSSCCCC(=O)[C@H](CN)NC(=O)[C@H](CC(=O)O)CC(=O)[C@H](C)NC(=O)[C@H](C)CC(=O)CCCNC(=O)c5ccc(NCc6cnc7nc(C)[nH]c(=O)c7n6)cc5)[C@H](O)[C@]5(CC)C=CCN6CC[C@]43[C@@H]65)C2)C1. The first-order chi connectivity index (χ1) is 56.4. The second kappa shape index (κ2) is 36.8. The third-order valence-electron chi connectivity index (χ3n) is 24.7. The predicted molar refractivity (Wildman–Crippen MR) is 441 cm³/mol. The van der Waals surface area contributed by atoms with Crippen LogP contribution in [0.1, 0.15) is 149 Å². The summed E-state index contributed by atoms with van der Waals surface area (Å²) in [6.07, 6.45) is 4.15. The van der Waals surface area contributed by atoms with Crippen LogP contribution in [0.2, 0.25) is 0 Å². The highest BCUT2D eigenvalue weighted by molar-refractivity contribution is 8.76. The van der Waals surface area contributed by atoms with E-state index in [9.17, 15) is 63.6 Å². The van der Waals surface area contributed by atoms with Gasteiger partial charge in [0.2, 0.25) is 11.8 Å². The summed E-state index contributed by atoms with van der Waals surface area (Å²) < 4.78 is 17.9. The highest BCUT2D eigenvalue weighted by Gasteiger charge is 2.79. The molecule has 634 valence electrons. The smallest absolute Gasteiger partial charge is 0.426 e. The van der Waals surface area contributed by atoms with Crippen molar-refractivity contribution in [3.63, 3.8) is 0 Å². The highest BCUT2D eigenvalue weighted by atomic mass is 33.1. The molecule has 35 heteroatoms. The topological polar surface area (TPSA) is 475 Å². The number of para-hydroxylation sites is 1. The molecule has 14 atom stereocenters. The van der Waals surface area contributed by atoms with Gasteiger partial charge in [-0.05, 0) is 125 Å². The number of H-pyrrole nitrogens is 2. The van der Waals surface area contributed by atoms with E-state index in [0.717, 1.165) is 22.0 Å². The highest BCUT2D eigenvalue weighted by Crippen LogP contribution is 2.68. The Balaban J connectivity index is 0.593. The van der Waals surface area contributed by atoms with Gasteiger partial charge in [-0.15, -0.1) is 0 Å². The fourth-order valence-corrected chi connectivity index (χ4v) is 21.0. The summed E-state index contributed by atoms with van der Waals surface area (Å²) in [6.45, 7) is 11.2. The summed E-state index contributed by atoms with van der Waals surface area (Å²) >= 11 is 0. The molecule has 6 aliphatic rings. The third kappa shape index (κ3) is 17.5. The summed E-state index contributed by atoms with van der Waals surface area (Å²) in [5, 5.41) is 60.5. The van der Waals surface area contributed by atoms with Gasteiger partial charge in [-0.3, -0.25) is 63.2 Å². The first-order valence-electron chi connectivity index (χ1n) is 40.3. The van der Waals surface area contributed by atoms with Gasteiger partial charge in [0.1, 0.15) is 35.5 Å². The number of carboxylic acids is 1. The van der Waals surface area contributed by atoms with Gasteiger partial charge in [0, 0.05) is 151 Å². The maximum Gasteiger partial charge on any atom is 0.426 e.